The lowest BCUT2D eigenvalue weighted by Gasteiger charge is -1.97. The fourth-order valence-corrected chi connectivity index (χ4v) is 2.56. The monoisotopic (exact) mass is 362 g/mol. The van der Waals surface area contributed by atoms with Crippen LogP contribution in [0.5, 0.6) is 0 Å². The number of hydrogen-bond donors (Lipinski definition) is 1. The minimum absolute atomic E-state index is 0.171. The van der Waals surface area contributed by atoms with Crippen molar-refractivity contribution in [1.29, 1.82) is 0 Å². The minimum Gasteiger partial charge on any atom is -0.338 e. The molecule has 0 aliphatic carbocycles. The third-order valence-electron chi connectivity index (χ3n) is 2.19. The maximum atomic E-state index is 11.8. The lowest BCUT2D eigenvalue weighted by molar-refractivity contribution is 0.102. The van der Waals surface area contributed by atoms with E-state index in [1.165, 1.54) is 11.3 Å². The summed E-state index contributed by atoms with van der Waals surface area (Å²) in [5.41, 5.74) is 1.47. The number of rotatable bonds is 3. The molecule has 2 aromatic rings. The van der Waals surface area contributed by atoms with Gasteiger partial charge in [-0.15, -0.1) is 11.3 Å². The molecular formula is C11H11IN2O2S. The number of halogens is 1. The third-order valence-corrected chi connectivity index (χ3v) is 3.98. The highest BCUT2D eigenvalue weighted by Crippen LogP contribution is 2.20. The van der Waals surface area contributed by atoms with Crippen molar-refractivity contribution in [3.63, 3.8) is 0 Å². The summed E-state index contributed by atoms with van der Waals surface area (Å²) in [6, 6.07) is 3.58. The molecule has 90 valence electrons. The Labute approximate surface area is 117 Å². The fourth-order valence-electron chi connectivity index (χ4n) is 1.23. The molecule has 0 aliphatic rings. The van der Waals surface area contributed by atoms with E-state index in [4.69, 9.17) is 4.52 Å². The van der Waals surface area contributed by atoms with E-state index in [1.54, 1.807) is 6.07 Å². The number of amides is 1. The van der Waals surface area contributed by atoms with Gasteiger partial charge in [0.15, 0.2) is 0 Å². The van der Waals surface area contributed by atoms with E-state index in [1.807, 2.05) is 25.3 Å². The van der Waals surface area contributed by atoms with Crippen LogP contribution in [0.2, 0.25) is 0 Å². The summed E-state index contributed by atoms with van der Waals surface area (Å²) in [5, 5.41) is 8.38. The van der Waals surface area contributed by atoms with E-state index in [0.29, 0.717) is 11.4 Å². The molecule has 0 fully saturated rings. The van der Waals surface area contributed by atoms with E-state index < -0.39 is 0 Å². The van der Waals surface area contributed by atoms with Crippen molar-refractivity contribution in [1.82, 2.24) is 5.16 Å². The van der Waals surface area contributed by atoms with Crippen LogP contribution in [-0.4, -0.2) is 11.1 Å². The Balaban J connectivity index is 2.07. The molecule has 0 saturated carbocycles. The Hall–Kier alpha value is -0.890. The highest BCUT2D eigenvalue weighted by molar-refractivity contribution is 14.1. The van der Waals surface area contributed by atoms with Crippen molar-refractivity contribution in [2.45, 2.75) is 19.8 Å². The number of hydrogen-bond acceptors (Lipinski definition) is 4. The Morgan fingerprint density at radius 1 is 1.53 bits per heavy atom. The quantitative estimate of drug-likeness (QED) is 0.847. The Kier molecular flexibility index (Phi) is 3.82. The molecular weight excluding hydrogens is 351 g/mol. The molecule has 2 aromatic heterocycles. The van der Waals surface area contributed by atoms with Gasteiger partial charge >= 0.3 is 0 Å². The van der Waals surface area contributed by atoms with Crippen LogP contribution < -0.4 is 5.32 Å². The molecule has 2 rings (SSSR count). The average molecular weight is 362 g/mol. The summed E-state index contributed by atoms with van der Waals surface area (Å²) in [4.78, 5) is 11.8. The van der Waals surface area contributed by atoms with Gasteiger partial charge in [0.25, 0.3) is 5.91 Å². The number of carbonyl (C=O) groups is 1. The molecule has 1 N–H and O–H groups in total. The number of aromatic nitrogens is 1. The fraction of sp³-hybridized carbons (Fsp3) is 0.273. The summed E-state index contributed by atoms with van der Waals surface area (Å²) in [5.74, 6) is 0.502. The maximum absolute atomic E-state index is 11.8. The van der Waals surface area contributed by atoms with Gasteiger partial charge in [-0.2, -0.15) is 0 Å². The second kappa shape index (κ2) is 5.18. The molecule has 0 bridgehead atoms. The van der Waals surface area contributed by atoms with Crippen LogP contribution in [0.1, 0.15) is 35.8 Å². The summed E-state index contributed by atoms with van der Waals surface area (Å²) >= 11 is 3.71. The Bertz CT molecular complexity index is 533. The molecule has 0 aromatic carbocycles. The second-order valence-corrected chi connectivity index (χ2v) is 6.67. The van der Waals surface area contributed by atoms with Crippen LogP contribution in [0.15, 0.2) is 22.0 Å². The molecule has 1 amide bonds. The van der Waals surface area contributed by atoms with Crippen LogP contribution in [0, 0.1) is 2.88 Å². The average Bonchev–Trinajstić information content (AvgIpc) is 2.86. The van der Waals surface area contributed by atoms with Gasteiger partial charge in [-0.25, -0.2) is 0 Å². The molecule has 17 heavy (non-hydrogen) atoms. The van der Waals surface area contributed by atoms with E-state index in [-0.39, 0.29) is 11.8 Å². The van der Waals surface area contributed by atoms with E-state index in [2.05, 4.69) is 33.1 Å². The SMILES string of the molecule is CC(C)c1cc(NC(=O)c2csc(I)c2)on1. The van der Waals surface area contributed by atoms with E-state index >= 15 is 0 Å². The predicted octanol–water partition coefficient (Wildman–Crippen LogP) is 3.72. The Morgan fingerprint density at radius 2 is 2.29 bits per heavy atom. The van der Waals surface area contributed by atoms with Crippen LogP contribution in [0.25, 0.3) is 0 Å². The lowest BCUT2D eigenvalue weighted by atomic mass is 10.1. The van der Waals surface area contributed by atoms with Gasteiger partial charge in [0.2, 0.25) is 5.88 Å². The zero-order valence-corrected chi connectivity index (χ0v) is 12.3. The highest BCUT2D eigenvalue weighted by Gasteiger charge is 2.12. The van der Waals surface area contributed by atoms with Crippen LogP contribution in [0.4, 0.5) is 5.88 Å². The first-order valence-electron chi connectivity index (χ1n) is 5.08. The van der Waals surface area contributed by atoms with Gasteiger partial charge in [0.05, 0.1) is 14.1 Å². The zero-order chi connectivity index (χ0) is 12.4. The van der Waals surface area contributed by atoms with Crippen molar-refractivity contribution in [3.05, 3.63) is 31.7 Å². The number of nitrogens with zero attached hydrogens (tertiary/aromatic N) is 1. The van der Waals surface area contributed by atoms with E-state index in [0.717, 1.165) is 8.58 Å². The van der Waals surface area contributed by atoms with Crippen molar-refractivity contribution >= 4 is 45.7 Å². The summed E-state index contributed by atoms with van der Waals surface area (Å²) < 4.78 is 6.12. The molecule has 4 nitrogen and oxygen atoms in total. The van der Waals surface area contributed by atoms with Gasteiger partial charge in [0.1, 0.15) is 0 Å². The number of anilines is 1. The molecule has 6 heteroatoms. The first kappa shape index (κ1) is 12.6. The van der Waals surface area contributed by atoms with Crippen molar-refractivity contribution in [2.75, 3.05) is 5.32 Å². The largest absolute Gasteiger partial charge is 0.338 e. The van der Waals surface area contributed by atoms with Crippen LogP contribution in [-0.2, 0) is 0 Å². The Morgan fingerprint density at radius 3 is 2.82 bits per heavy atom. The van der Waals surface area contributed by atoms with Crippen molar-refractivity contribution in [3.8, 4) is 0 Å². The van der Waals surface area contributed by atoms with Gasteiger partial charge in [-0.1, -0.05) is 19.0 Å². The predicted molar refractivity (Wildman–Crippen MR) is 75.6 cm³/mol. The standard InChI is InChI=1S/C11H11IN2O2S/c1-6(2)8-4-10(16-14-8)13-11(15)7-3-9(12)17-5-7/h3-6H,1-2H3,(H,13,15). The number of thiophene rings is 1. The van der Waals surface area contributed by atoms with Crippen LogP contribution in [0.3, 0.4) is 0 Å². The zero-order valence-electron chi connectivity index (χ0n) is 9.36. The number of carbonyl (C=O) groups excluding carboxylic acids is 1. The van der Waals surface area contributed by atoms with Gasteiger partial charge in [0, 0.05) is 11.4 Å². The summed E-state index contributed by atoms with van der Waals surface area (Å²) in [6.07, 6.45) is 0. The smallest absolute Gasteiger partial charge is 0.258 e. The molecule has 0 unspecified atom stereocenters. The minimum atomic E-state index is -0.171. The van der Waals surface area contributed by atoms with Gasteiger partial charge in [-0.3, -0.25) is 10.1 Å². The molecule has 0 aliphatic heterocycles. The molecule has 0 atom stereocenters. The first-order valence-corrected chi connectivity index (χ1v) is 7.04. The van der Waals surface area contributed by atoms with E-state index in [9.17, 15) is 4.79 Å². The summed E-state index contributed by atoms with van der Waals surface area (Å²) in [7, 11) is 0. The van der Waals surface area contributed by atoms with Crippen molar-refractivity contribution in [2.24, 2.45) is 0 Å². The normalized spacial score (nSPS) is 10.8. The molecule has 0 spiro atoms. The molecule has 0 saturated heterocycles. The molecule has 0 radical (unpaired) electrons. The summed E-state index contributed by atoms with van der Waals surface area (Å²) in [6.45, 7) is 4.04. The topological polar surface area (TPSA) is 55.1 Å². The van der Waals surface area contributed by atoms with Crippen molar-refractivity contribution < 1.29 is 9.32 Å². The number of nitrogens with one attached hydrogen (secondary N) is 1. The third kappa shape index (κ3) is 3.06. The van der Waals surface area contributed by atoms with Crippen LogP contribution >= 0.6 is 33.9 Å². The maximum Gasteiger partial charge on any atom is 0.258 e. The van der Waals surface area contributed by atoms with Gasteiger partial charge < -0.3 is 4.52 Å². The molecule has 2 heterocycles. The lowest BCUT2D eigenvalue weighted by Crippen LogP contribution is -2.10. The highest BCUT2D eigenvalue weighted by atomic mass is 127. The second-order valence-electron chi connectivity index (χ2n) is 3.86. The van der Waals surface area contributed by atoms with Gasteiger partial charge in [-0.05, 0) is 34.6 Å². The first-order chi connectivity index (χ1) is 8.06.